The van der Waals surface area contributed by atoms with Crippen LogP contribution in [0, 0.1) is 12.7 Å². The molecule has 0 aliphatic heterocycles. The topological polar surface area (TPSA) is 70.4 Å². The van der Waals surface area contributed by atoms with E-state index in [1.54, 1.807) is 25.1 Å². The van der Waals surface area contributed by atoms with E-state index in [4.69, 9.17) is 10.1 Å². The molecule has 0 radical (unpaired) electrons. The molecule has 0 bridgehead atoms. The third kappa shape index (κ3) is 3.98. The number of hydrogen-bond donors (Lipinski definition) is 2. The number of carboxylic acids is 1. The largest absolute Gasteiger partial charge is 0.508 e. The Morgan fingerprint density at radius 1 is 1.18 bits per heavy atom. The van der Waals surface area contributed by atoms with Gasteiger partial charge in [-0.3, -0.25) is 9.78 Å². The number of pyridine rings is 1. The summed E-state index contributed by atoms with van der Waals surface area (Å²) in [5.74, 6) is -0.827. The molecule has 5 heteroatoms. The van der Waals surface area contributed by atoms with Crippen molar-refractivity contribution in [1.82, 2.24) is 4.98 Å². The van der Waals surface area contributed by atoms with Crippen molar-refractivity contribution in [3.63, 3.8) is 0 Å². The van der Waals surface area contributed by atoms with E-state index in [2.05, 4.69) is 13.8 Å². The molecule has 3 aromatic rings. The van der Waals surface area contributed by atoms with Gasteiger partial charge in [-0.15, -0.1) is 0 Å². The highest BCUT2D eigenvalue weighted by Crippen LogP contribution is 2.39. The van der Waals surface area contributed by atoms with Gasteiger partial charge in [0.2, 0.25) is 0 Å². The average Bonchev–Trinajstić information content (AvgIpc) is 2.62. The summed E-state index contributed by atoms with van der Waals surface area (Å²) in [7, 11) is 0. The van der Waals surface area contributed by atoms with Crippen molar-refractivity contribution in [3.8, 4) is 16.9 Å². The minimum Gasteiger partial charge on any atom is -0.508 e. The molecular formula is C23H24FNO3. The molecule has 4 nitrogen and oxygen atoms in total. The summed E-state index contributed by atoms with van der Waals surface area (Å²) < 4.78 is 13.9. The molecule has 1 aromatic heterocycles. The van der Waals surface area contributed by atoms with Crippen LogP contribution in [0.3, 0.4) is 0 Å². The molecule has 0 saturated carbocycles. The number of aromatic hydroxyl groups is 1. The minimum absolute atomic E-state index is 0.0717. The van der Waals surface area contributed by atoms with Crippen molar-refractivity contribution in [2.24, 2.45) is 0 Å². The average molecular weight is 381 g/mol. The summed E-state index contributed by atoms with van der Waals surface area (Å²) in [6.07, 6.45) is 1.08. The van der Waals surface area contributed by atoms with E-state index >= 15 is 0 Å². The fraction of sp³-hybridized carbons (Fsp3) is 0.304. The highest BCUT2D eigenvalue weighted by Gasteiger charge is 2.20. The molecule has 0 unspecified atom stereocenters. The van der Waals surface area contributed by atoms with E-state index in [1.807, 2.05) is 12.1 Å². The molecule has 1 heterocycles. The van der Waals surface area contributed by atoms with Crippen LogP contribution < -0.4 is 0 Å². The second-order valence-corrected chi connectivity index (χ2v) is 7.41. The van der Waals surface area contributed by atoms with Crippen LogP contribution in [0.25, 0.3) is 22.0 Å². The van der Waals surface area contributed by atoms with Crippen LogP contribution >= 0.6 is 0 Å². The van der Waals surface area contributed by atoms with Crippen LogP contribution in [-0.2, 0) is 11.2 Å². The van der Waals surface area contributed by atoms with Crippen LogP contribution in [0.5, 0.6) is 5.75 Å². The lowest BCUT2D eigenvalue weighted by atomic mass is 9.86. The van der Waals surface area contributed by atoms with Gasteiger partial charge < -0.3 is 10.2 Å². The number of rotatable bonds is 6. The first-order valence-electron chi connectivity index (χ1n) is 9.41. The van der Waals surface area contributed by atoms with E-state index in [-0.39, 0.29) is 23.9 Å². The number of halogens is 1. The Morgan fingerprint density at radius 3 is 2.57 bits per heavy atom. The van der Waals surface area contributed by atoms with E-state index < -0.39 is 5.97 Å². The second-order valence-electron chi connectivity index (χ2n) is 7.41. The molecule has 3 rings (SSSR count). The van der Waals surface area contributed by atoms with Gasteiger partial charge >= 0.3 is 5.97 Å². The zero-order valence-electron chi connectivity index (χ0n) is 16.3. The molecule has 0 aliphatic carbocycles. The maximum atomic E-state index is 13.9. The highest BCUT2D eigenvalue weighted by molar-refractivity contribution is 5.97. The monoisotopic (exact) mass is 381 g/mol. The second kappa shape index (κ2) is 7.97. The number of phenolic OH excluding ortho intramolecular Hbond substituents is 1. The van der Waals surface area contributed by atoms with Crippen molar-refractivity contribution in [3.05, 3.63) is 59.0 Å². The van der Waals surface area contributed by atoms with Crippen molar-refractivity contribution >= 4 is 16.9 Å². The molecule has 0 spiro atoms. The third-order valence-corrected chi connectivity index (χ3v) is 4.91. The van der Waals surface area contributed by atoms with Crippen molar-refractivity contribution in [2.45, 2.75) is 46.0 Å². The number of nitrogens with zero attached hydrogens (tertiary/aromatic N) is 1. The zero-order valence-corrected chi connectivity index (χ0v) is 16.3. The number of carboxylic acid groups (broad SMARTS) is 1. The first-order valence-corrected chi connectivity index (χ1v) is 9.41. The molecule has 2 aromatic carbocycles. The molecule has 0 aliphatic rings. The van der Waals surface area contributed by atoms with Crippen LogP contribution in [0.1, 0.15) is 49.4 Å². The summed E-state index contributed by atoms with van der Waals surface area (Å²) in [4.78, 5) is 15.7. The molecule has 0 atom stereocenters. The summed E-state index contributed by atoms with van der Waals surface area (Å²) >= 11 is 0. The Balaban J connectivity index is 2.29. The number of carbonyl (C=O) groups is 1. The Morgan fingerprint density at radius 2 is 1.93 bits per heavy atom. The molecule has 28 heavy (non-hydrogen) atoms. The number of aromatic nitrogens is 1. The molecule has 0 fully saturated rings. The Hall–Kier alpha value is -2.95. The van der Waals surface area contributed by atoms with Gasteiger partial charge in [0.1, 0.15) is 11.6 Å². The lowest BCUT2D eigenvalue weighted by Crippen LogP contribution is -2.06. The Bertz CT molecular complexity index is 1040. The number of phenols is 1. The van der Waals surface area contributed by atoms with Crippen molar-refractivity contribution < 1.29 is 19.4 Å². The third-order valence-electron chi connectivity index (χ3n) is 4.91. The van der Waals surface area contributed by atoms with Gasteiger partial charge in [0.25, 0.3) is 0 Å². The van der Waals surface area contributed by atoms with Gasteiger partial charge in [-0.05, 0) is 72.2 Å². The van der Waals surface area contributed by atoms with Crippen molar-refractivity contribution in [2.75, 3.05) is 0 Å². The highest BCUT2D eigenvalue weighted by atomic mass is 19.1. The number of aliphatic carboxylic acids is 1. The van der Waals surface area contributed by atoms with Gasteiger partial charge in [0.05, 0.1) is 5.52 Å². The van der Waals surface area contributed by atoms with Crippen LogP contribution in [-0.4, -0.2) is 21.2 Å². The smallest absolute Gasteiger partial charge is 0.303 e. The molecule has 146 valence electrons. The molecule has 2 N–H and O–H groups in total. The fourth-order valence-electron chi connectivity index (χ4n) is 3.65. The number of fused-ring (bicyclic) bond motifs is 1. The lowest BCUT2D eigenvalue weighted by Gasteiger charge is -2.21. The molecular weight excluding hydrogens is 357 g/mol. The van der Waals surface area contributed by atoms with Gasteiger partial charge in [-0.1, -0.05) is 19.9 Å². The van der Waals surface area contributed by atoms with Gasteiger partial charge in [0.15, 0.2) is 0 Å². The minimum atomic E-state index is -0.834. The molecule has 0 saturated heterocycles. The van der Waals surface area contributed by atoms with Crippen LogP contribution in [0.4, 0.5) is 4.39 Å². The van der Waals surface area contributed by atoms with Crippen LogP contribution in [0.15, 0.2) is 36.4 Å². The molecule has 0 amide bonds. The van der Waals surface area contributed by atoms with E-state index in [0.717, 1.165) is 27.8 Å². The van der Waals surface area contributed by atoms with E-state index in [1.165, 1.54) is 6.07 Å². The number of benzene rings is 2. The lowest BCUT2D eigenvalue weighted by molar-refractivity contribution is -0.137. The zero-order chi connectivity index (χ0) is 20.4. The maximum absolute atomic E-state index is 13.9. The van der Waals surface area contributed by atoms with Gasteiger partial charge in [-0.25, -0.2) is 4.39 Å². The standard InChI is InChI=1S/C23H24FNO3/c1-13(2)22-19(5-4-6-21(27)28)25-20-12-16(26)8-9-17(20)23(22)15-7-10-18(24)14(3)11-15/h7-13,26H,4-6H2,1-3H3,(H,27,28). The quantitative estimate of drug-likeness (QED) is 0.584. The fourth-order valence-corrected chi connectivity index (χ4v) is 3.65. The van der Waals surface area contributed by atoms with E-state index in [0.29, 0.717) is 23.9 Å². The summed E-state index contributed by atoms with van der Waals surface area (Å²) in [6.45, 7) is 5.88. The number of aryl methyl sites for hydroxylation is 2. The Kier molecular flexibility index (Phi) is 5.63. The summed E-state index contributed by atoms with van der Waals surface area (Å²) in [5.41, 5.74) is 4.92. The van der Waals surface area contributed by atoms with Crippen molar-refractivity contribution in [1.29, 1.82) is 0 Å². The van der Waals surface area contributed by atoms with Gasteiger partial charge in [-0.2, -0.15) is 0 Å². The van der Waals surface area contributed by atoms with E-state index in [9.17, 15) is 14.3 Å². The Labute approximate surface area is 163 Å². The first-order chi connectivity index (χ1) is 13.3. The predicted molar refractivity (Wildman–Crippen MR) is 108 cm³/mol. The maximum Gasteiger partial charge on any atom is 0.303 e. The van der Waals surface area contributed by atoms with Gasteiger partial charge in [0, 0.05) is 23.6 Å². The SMILES string of the molecule is Cc1cc(-c2c(C(C)C)c(CCCC(=O)O)nc3cc(O)ccc23)ccc1F. The number of hydrogen-bond acceptors (Lipinski definition) is 3. The predicted octanol–water partition coefficient (Wildman–Crippen LogP) is 5.59. The normalized spacial score (nSPS) is 11.3. The first kappa shape index (κ1) is 19.8. The summed E-state index contributed by atoms with van der Waals surface area (Å²) in [5, 5.41) is 19.8. The summed E-state index contributed by atoms with van der Waals surface area (Å²) in [6, 6.07) is 10.1. The van der Waals surface area contributed by atoms with Crippen LogP contribution in [0.2, 0.25) is 0 Å².